The van der Waals surface area contributed by atoms with E-state index < -0.39 is 40.7 Å². The summed E-state index contributed by atoms with van der Waals surface area (Å²) in [7, 11) is -9.39. The van der Waals surface area contributed by atoms with Crippen LogP contribution in [0, 0.1) is 0 Å². The van der Waals surface area contributed by atoms with Crippen LogP contribution in [0.2, 0.25) is 5.02 Å². The average molecular weight is 288 g/mol. The molecule has 16 heavy (non-hydrogen) atoms. The Hall–Kier alpha value is -0.870. The SMILES string of the molecule is Nc1cc(Cl)c(S(=O)(=O)O)cc1S(=O)(=O)O. The Morgan fingerprint density at radius 3 is 1.81 bits per heavy atom. The number of benzene rings is 1. The zero-order valence-electron chi connectivity index (χ0n) is 7.45. The van der Waals surface area contributed by atoms with Crippen molar-refractivity contribution < 1.29 is 25.9 Å². The molecule has 90 valence electrons. The standard InChI is InChI=1S/C6H6ClNO6S2/c7-3-1-4(8)6(16(12,13)14)2-5(3)15(9,10)11/h1-2H,8H2,(H,9,10,11)(H,12,13,14). The number of hydrogen-bond donors (Lipinski definition) is 3. The summed E-state index contributed by atoms with van der Waals surface area (Å²) in [5.74, 6) is 0. The molecule has 0 aliphatic heterocycles. The Morgan fingerprint density at radius 1 is 1.00 bits per heavy atom. The Bertz CT molecular complexity index is 582. The molecule has 0 aliphatic rings. The van der Waals surface area contributed by atoms with Crippen LogP contribution in [0.4, 0.5) is 5.69 Å². The van der Waals surface area contributed by atoms with Crippen molar-refractivity contribution in [2.45, 2.75) is 9.79 Å². The van der Waals surface area contributed by atoms with E-state index in [4.69, 9.17) is 26.4 Å². The van der Waals surface area contributed by atoms with Crippen LogP contribution in [0.5, 0.6) is 0 Å². The minimum Gasteiger partial charge on any atom is -0.398 e. The van der Waals surface area contributed by atoms with Crippen LogP contribution in [0.1, 0.15) is 0 Å². The second-order valence-electron chi connectivity index (χ2n) is 2.77. The first-order valence-corrected chi connectivity index (χ1v) is 6.83. The fourth-order valence-corrected chi connectivity index (χ4v) is 2.71. The topological polar surface area (TPSA) is 135 Å². The highest BCUT2D eigenvalue weighted by atomic mass is 35.5. The van der Waals surface area contributed by atoms with Crippen molar-refractivity contribution in [1.29, 1.82) is 0 Å². The Labute approximate surface area is 96.3 Å². The Morgan fingerprint density at radius 2 is 1.44 bits per heavy atom. The summed E-state index contributed by atoms with van der Waals surface area (Å²) in [5.41, 5.74) is 4.79. The van der Waals surface area contributed by atoms with Gasteiger partial charge >= 0.3 is 0 Å². The lowest BCUT2D eigenvalue weighted by atomic mass is 10.3. The number of rotatable bonds is 2. The molecular weight excluding hydrogens is 282 g/mol. The molecule has 0 aromatic heterocycles. The van der Waals surface area contributed by atoms with Crippen LogP contribution in [-0.4, -0.2) is 25.9 Å². The Kier molecular flexibility index (Phi) is 3.18. The third kappa shape index (κ3) is 2.62. The van der Waals surface area contributed by atoms with E-state index in [0.29, 0.717) is 6.07 Å². The van der Waals surface area contributed by atoms with Gasteiger partial charge in [-0.05, 0) is 12.1 Å². The van der Waals surface area contributed by atoms with E-state index in [-0.39, 0.29) is 0 Å². The molecule has 0 radical (unpaired) electrons. The van der Waals surface area contributed by atoms with Gasteiger partial charge in [-0.25, -0.2) is 0 Å². The molecular formula is C6H6ClNO6S2. The van der Waals surface area contributed by atoms with E-state index >= 15 is 0 Å². The molecule has 1 aromatic rings. The minimum atomic E-state index is -4.70. The molecule has 0 spiro atoms. The monoisotopic (exact) mass is 287 g/mol. The van der Waals surface area contributed by atoms with Crippen LogP contribution >= 0.6 is 11.6 Å². The number of halogens is 1. The van der Waals surface area contributed by atoms with Gasteiger partial charge in [-0.3, -0.25) is 9.11 Å². The molecule has 7 nitrogen and oxygen atoms in total. The largest absolute Gasteiger partial charge is 0.398 e. The normalized spacial score (nSPS) is 12.7. The van der Waals surface area contributed by atoms with Crippen LogP contribution in [0.25, 0.3) is 0 Å². The zero-order valence-corrected chi connectivity index (χ0v) is 9.84. The maximum Gasteiger partial charge on any atom is 0.296 e. The molecule has 10 heteroatoms. The van der Waals surface area contributed by atoms with Gasteiger partial charge in [0.25, 0.3) is 20.2 Å². The van der Waals surface area contributed by atoms with Crippen molar-refractivity contribution in [3.63, 3.8) is 0 Å². The van der Waals surface area contributed by atoms with Crippen LogP contribution in [0.3, 0.4) is 0 Å². The average Bonchev–Trinajstić information content (AvgIpc) is 1.97. The molecule has 0 fully saturated rings. The predicted octanol–water partition coefficient (Wildman–Crippen LogP) is 0.416. The summed E-state index contributed by atoms with van der Waals surface area (Å²) in [5, 5.41) is -0.451. The molecule has 0 unspecified atom stereocenters. The summed E-state index contributed by atoms with van der Waals surface area (Å²) in [6.07, 6.45) is 0. The molecule has 1 rings (SSSR count). The number of nitrogens with two attached hydrogens (primary N) is 1. The molecule has 0 aliphatic carbocycles. The van der Waals surface area contributed by atoms with E-state index in [0.717, 1.165) is 6.07 Å². The van der Waals surface area contributed by atoms with Crippen molar-refractivity contribution in [2.75, 3.05) is 5.73 Å². The van der Waals surface area contributed by atoms with E-state index in [1.54, 1.807) is 0 Å². The number of hydrogen-bond acceptors (Lipinski definition) is 5. The van der Waals surface area contributed by atoms with Gasteiger partial charge in [-0.2, -0.15) is 16.8 Å². The lowest BCUT2D eigenvalue weighted by Gasteiger charge is -2.06. The zero-order chi connectivity index (χ0) is 12.7. The molecule has 0 saturated carbocycles. The third-order valence-electron chi connectivity index (χ3n) is 1.62. The predicted molar refractivity (Wildman–Crippen MR) is 55.5 cm³/mol. The van der Waals surface area contributed by atoms with Crippen molar-refractivity contribution in [1.82, 2.24) is 0 Å². The van der Waals surface area contributed by atoms with Gasteiger partial charge in [-0.15, -0.1) is 0 Å². The van der Waals surface area contributed by atoms with Crippen LogP contribution < -0.4 is 5.73 Å². The summed E-state index contributed by atoms with van der Waals surface area (Å²) in [4.78, 5) is -1.69. The molecule has 0 saturated heterocycles. The molecule has 0 heterocycles. The van der Waals surface area contributed by atoms with E-state index in [1.807, 2.05) is 0 Å². The first-order valence-electron chi connectivity index (χ1n) is 3.57. The maximum atomic E-state index is 10.8. The number of nitrogen functional groups attached to an aromatic ring is 1. The van der Waals surface area contributed by atoms with Crippen LogP contribution in [0.15, 0.2) is 21.9 Å². The van der Waals surface area contributed by atoms with Crippen molar-refractivity contribution in [3.8, 4) is 0 Å². The van der Waals surface area contributed by atoms with Gasteiger partial charge in [0.15, 0.2) is 0 Å². The van der Waals surface area contributed by atoms with Crippen molar-refractivity contribution in [2.24, 2.45) is 0 Å². The lowest BCUT2D eigenvalue weighted by molar-refractivity contribution is 0.481. The molecule has 0 amide bonds. The van der Waals surface area contributed by atoms with Gasteiger partial charge < -0.3 is 5.73 Å². The van der Waals surface area contributed by atoms with E-state index in [1.165, 1.54) is 0 Å². The van der Waals surface area contributed by atoms with Gasteiger partial charge in [-0.1, -0.05) is 11.6 Å². The second kappa shape index (κ2) is 3.86. The molecule has 1 aromatic carbocycles. The molecule has 0 atom stereocenters. The van der Waals surface area contributed by atoms with Crippen LogP contribution in [-0.2, 0) is 20.2 Å². The highest BCUT2D eigenvalue weighted by Crippen LogP contribution is 2.29. The minimum absolute atomic E-state index is 0.431. The third-order valence-corrected chi connectivity index (χ3v) is 3.85. The quantitative estimate of drug-likeness (QED) is 0.529. The fourth-order valence-electron chi connectivity index (χ4n) is 0.971. The first-order chi connectivity index (χ1) is 7.03. The maximum absolute atomic E-state index is 10.8. The second-order valence-corrected chi connectivity index (χ2v) is 5.96. The highest BCUT2D eigenvalue weighted by molar-refractivity contribution is 7.86. The van der Waals surface area contributed by atoms with Gasteiger partial charge in [0, 0.05) is 0 Å². The fraction of sp³-hybridized carbons (Fsp3) is 0. The highest BCUT2D eigenvalue weighted by Gasteiger charge is 2.22. The molecule has 4 N–H and O–H groups in total. The van der Waals surface area contributed by atoms with Gasteiger partial charge in [0.2, 0.25) is 0 Å². The van der Waals surface area contributed by atoms with E-state index in [9.17, 15) is 16.8 Å². The summed E-state index contributed by atoms with van der Waals surface area (Å²) >= 11 is 5.44. The van der Waals surface area contributed by atoms with Crippen molar-refractivity contribution >= 4 is 37.5 Å². The smallest absolute Gasteiger partial charge is 0.296 e. The Balaban J connectivity index is 3.72. The molecule has 0 bridgehead atoms. The first kappa shape index (κ1) is 13.2. The summed E-state index contributed by atoms with van der Waals surface area (Å²) in [6.45, 7) is 0. The van der Waals surface area contributed by atoms with E-state index in [2.05, 4.69) is 0 Å². The number of anilines is 1. The van der Waals surface area contributed by atoms with Gasteiger partial charge in [0.1, 0.15) is 9.79 Å². The van der Waals surface area contributed by atoms with Crippen molar-refractivity contribution in [3.05, 3.63) is 17.2 Å². The summed E-state index contributed by atoms with van der Waals surface area (Å²) < 4.78 is 60.6. The lowest BCUT2D eigenvalue weighted by Crippen LogP contribution is -2.07. The van der Waals surface area contributed by atoms with Gasteiger partial charge in [0.05, 0.1) is 10.7 Å². The summed E-state index contributed by atoms with van der Waals surface area (Å²) in [6, 6.07) is 1.27.